The van der Waals surface area contributed by atoms with Gasteiger partial charge in [-0.1, -0.05) is 0 Å². The molecule has 0 aliphatic carbocycles. The van der Waals surface area contributed by atoms with Crippen molar-refractivity contribution in [3.63, 3.8) is 0 Å². The molecule has 1 aliphatic heterocycles. The number of nitrogens with zero attached hydrogens (tertiary/aromatic N) is 1. The Kier molecular flexibility index (Phi) is 4.92. The number of aliphatic hydroxyl groups is 1. The highest BCUT2D eigenvalue weighted by Gasteiger charge is 2.29. The van der Waals surface area contributed by atoms with E-state index in [0.717, 1.165) is 5.69 Å². The summed E-state index contributed by atoms with van der Waals surface area (Å²) in [7, 11) is 0. The average Bonchev–Trinajstić information content (AvgIpc) is 2.47. The molecule has 1 saturated heterocycles. The van der Waals surface area contributed by atoms with E-state index >= 15 is 0 Å². The third kappa shape index (κ3) is 3.91. The van der Waals surface area contributed by atoms with Gasteiger partial charge in [-0.3, -0.25) is 9.78 Å². The Morgan fingerprint density at radius 1 is 1.50 bits per heavy atom. The Hall–Kier alpha value is -1.66. The van der Waals surface area contributed by atoms with Crippen molar-refractivity contribution in [1.82, 2.24) is 10.3 Å². The number of ether oxygens (including phenoxy) is 1. The lowest BCUT2D eigenvalue weighted by atomic mass is 9.94. The van der Waals surface area contributed by atoms with E-state index in [4.69, 9.17) is 4.74 Å². The van der Waals surface area contributed by atoms with Crippen LogP contribution in [-0.4, -0.2) is 47.9 Å². The molecular formula is C14H21N3O3. The van der Waals surface area contributed by atoms with Gasteiger partial charge in [-0.15, -0.1) is 0 Å². The molecule has 1 aromatic rings. The summed E-state index contributed by atoms with van der Waals surface area (Å²) < 4.78 is 5.24. The van der Waals surface area contributed by atoms with Gasteiger partial charge in [0.15, 0.2) is 0 Å². The van der Waals surface area contributed by atoms with Crippen molar-refractivity contribution in [2.45, 2.75) is 25.4 Å². The quantitative estimate of drug-likeness (QED) is 0.742. The van der Waals surface area contributed by atoms with E-state index in [1.807, 2.05) is 6.92 Å². The van der Waals surface area contributed by atoms with Crippen molar-refractivity contribution in [2.75, 3.05) is 31.6 Å². The highest BCUT2D eigenvalue weighted by atomic mass is 16.5. The van der Waals surface area contributed by atoms with Crippen LogP contribution in [0.2, 0.25) is 0 Å². The van der Waals surface area contributed by atoms with Gasteiger partial charge >= 0.3 is 0 Å². The second kappa shape index (κ2) is 6.67. The number of nitrogens with one attached hydrogen (secondary N) is 2. The molecule has 0 bridgehead atoms. The zero-order valence-corrected chi connectivity index (χ0v) is 11.7. The van der Waals surface area contributed by atoms with Crippen LogP contribution in [0.1, 0.15) is 30.3 Å². The number of hydrogen-bond acceptors (Lipinski definition) is 5. The van der Waals surface area contributed by atoms with E-state index < -0.39 is 5.60 Å². The average molecular weight is 279 g/mol. The number of anilines is 1. The van der Waals surface area contributed by atoms with Crippen LogP contribution in [0.25, 0.3) is 0 Å². The molecule has 0 unspecified atom stereocenters. The molecule has 6 nitrogen and oxygen atoms in total. The summed E-state index contributed by atoms with van der Waals surface area (Å²) in [6.07, 6.45) is 2.82. The maximum atomic E-state index is 11.7. The molecule has 0 spiro atoms. The second-order valence-corrected chi connectivity index (χ2v) is 4.98. The monoisotopic (exact) mass is 279 g/mol. The fraction of sp³-hybridized carbons (Fsp3) is 0.571. The minimum absolute atomic E-state index is 0.194. The molecule has 1 fully saturated rings. The maximum absolute atomic E-state index is 11.7. The molecule has 2 heterocycles. The molecule has 2 rings (SSSR count). The molecule has 0 radical (unpaired) electrons. The van der Waals surface area contributed by atoms with Crippen LogP contribution in [0.4, 0.5) is 5.69 Å². The van der Waals surface area contributed by atoms with Crippen molar-refractivity contribution < 1.29 is 14.6 Å². The highest BCUT2D eigenvalue weighted by molar-refractivity contribution is 5.93. The van der Waals surface area contributed by atoms with Crippen LogP contribution in [0, 0.1) is 0 Å². The molecule has 20 heavy (non-hydrogen) atoms. The number of rotatable bonds is 5. The molecule has 3 N–H and O–H groups in total. The third-order valence-corrected chi connectivity index (χ3v) is 3.37. The highest BCUT2D eigenvalue weighted by Crippen LogP contribution is 2.21. The van der Waals surface area contributed by atoms with E-state index in [0.29, 0.717) is 44.8 Å². The van der Waals surface area contributed by atoms with Gasteiger partial charge in [0, 0.05) is 51.0 Å². The van der Waals surface area contributed by atoms with Gasteiger partial charge in [0.05, 0.1) is 5.60 Å². The molecule has 6 heteroatoms. The molecule has 1 aliphatic rings. The van der Waals surface area contributed by atoms with E-state index in [1.165, 1.54) is 0 Å². The van der Waals surface area contributed by atoms with Crippen LogP contribution >= 0.6 is 0 Å². The lowest BCUT2D eigenvalue weighted by Gasteiger charge is -2.32. The normalized spacial score (nSPS) is 17.5. The fourth-order valence-electron chi connectivity index (χ4n) is 2.11. The van der Waals surface area contributed by atoms with Crippen molar-refractivity contribution in [3.8, 4) is 0 Å². The van der Waals surface area contributed by atoms with Crippen molar-refractivity contribution in [1.29, 1.82) is 0 Å². The van der Waals surface area contributed by atoms with Crippen molar-refractivity contribution >= 4 is 11.6 Å². The first-order valence-corrected chi connectivity index (χ1v) is 6.91. The SMILES string of the molecule is CCNC(=O)c1cc(NCC2(O)CCOCC2)ccn1. The summed E-state index contributed by atoms with van der Waals surface area (Å²) in [5.41, 5.74) is 0.407. The molecule has 1 amide bonds. The fourth-order valence-corrected chi connectivity index (χ4v) is 2.11. The number of amides is 1. The zero-order chi connectivity index (χ0) is 14.4. The summed E-state index contributed by atoms with van der Waals surface area (Å²) in [6, 6.07) is 3.47. The van der Waals surface area contributed by atoms with E-state index in [1.54, 1.807) is 18.3 Å². The van der Waals surface area contributed by atoms with Gasteiger partial charge in [-0.2, -0.15) is 0 Å². The van der Waals surface area contributed by atoms with E-state index in [-0.39, 0.29) is 5.91 Å². The Balaban J connectivity index is 1.95. The Labute approximate surface area is 118 Å². The van der Waals surface area contributed by atoms with Gasteiger partial charge in [-0.25, -0.2) is 0 Å². The maximum Gasteiger partial charge on any atom is 0.269 e. The number of carbonyl (C=O) groups excluding carboxylic acids is 1. The van der Waals surface area contributed by atoms with Crippen molar-refractivity contribution in [2.24, 2.45) is 0 Å². The first-order chi connectivity index (χ1) is 9.63. The largest absolute Gasteiger partial charge is 0.388 e. The Morgan fingerprint density at radius 2 is 2.25 bits per heavy atom. The summed E-state index contributed by atoms with van der Waals surface area (Å²) in [5.74, 6) is -0.194. The lowest BCUT2D eigenvalue weighted by molar-refractivity contribution is -0.0543. The summed E-state index contributed by atoms with van der Waals surface area (Å²) in [5, 5.41) is 16.2. The Morgan fingerprint density at radius 3 is 2.95 bits per heavy atom. The van der Waals surface area contributed by atoms with Gasteiger partial charge in [0.25, 0.3) is 5.91 Å². The summed E-state index contributed by atoms with van der Waals surface area (Å²) in [6.45, 7) is 4.03. The van der Waals surface area contributed by atoms with Crippen LogP contribution in [-0.2, 0) is 4.74 Å². The van der Waals surface area contributed by atoms with Crippen LogP contribution < -0.4 is 10.6 Å². The van der Waals surface area contributed by atoms with Gasteiger partial charge in [-0.05, 0) is 19.1 Å². The lowest BCUT2D eigenvalue weighted by Crippen LogP contribution is -2.42. The zero-order valence-electron chi connectivity index (χ0n) is 11.7. The van der Waals surface area contributed by atoms with Crippen LogP contribution in [0.3, 0.4) is 0 Å². The number of carbonyl (C=O) groups is 1. The molecule has 0 aromatic carbocycles. The number of aromatic nitrogens is 1. The van der Waals surface area contributed by atoms with Crippen LogP contribution in [0.15, 0.2) is 18.3 Å². The van der Waals surface area contributed by atoms with E-state index in [9.17, 15) is 9.90 Å². The predicted molar refractivity (Wildman–Crippen MR) is 75.7 cm³/mol. The number of hydrogen-bond donors (Lipinski definition) is 3. The second-order valence-electron chi connectivity index (χ2n) is 4.98. The topological polar surface area (TPSA) is 83.5 Å². The standard InChI is InChI=1S/C14H21N3O3/c1-2-15-13(18)12-9-11(3-6-16-12)17-10-14(19)4-7-20-8-5-14/h3,6,9,19H,2,4-5,7-8,10H2,1H3,(H,15,18)(H,16,17). The van der Waals surface area contributed by atoms with Gasteiger partial charge in [0.2, 0.25) is 0 Å². The van der Waals surface area contributed by atoms with Gasteiger partial charge < -0.3 is 20.5 Å². The minimum Gasteiger partial charge on any atom is -0.388 e. The molecule has 0 saturated carbocycles. The van der Waals surface area contributed by atoms with E-state index in [2.05, 4.69) is 15.6 Å². The Bertz CT molecular complexity index is 459. The number of pyridine rings is 1. The molecule has 1 aromatic heterocycles. The molecule has 0 atom stereocenters. The van der Waals surface area contributed by atoms with Crippen molar-refractivity contribution in [3.05, 3.63) is 24.0 Å². The summed E-state index contributed by atoms with van der Waals surface area (Å²) >= 11 is 0. The smallest absolute Gasteiger partial charge is 0.269 e. The molecule has 110 valence electrons. The predicted octanol–water partition coefficient (Wildman–Crippen LogP) is 0.785. The first-order valence-electron chi connectivity index (χ1n) is 6.91. The first kappa shape index (κ1) is 14.7. The van der Waals surface area contributed by atoms with Gasteiger partial charge in [0.1, 0.15) is 5.69 Å². The summed E-state index contributed by atoms with van der Waals surface area (Å²) in [4.78, 5) is 15.7. The molecular weight excluding hydrogens is 258 g/mol. The minimum atomic E-state index is -0.743. The third-order valence-electron chi connectivity index (χ3n) is 3.37. The van der Waals surface area contributed by atoms with Crippen LogP contribution in [0.5, 0.6) is 0 Å².